The number of amides is 2. The van der Waals surface area contributed by atoms with Crippen LogP contribution in [0.25, 0.3) is 21.5 Å². The molecule has 0 unspecified atom stereocenters. The number of aromatic amines is 1. The Bertz CT molecular complexity index is 1160. The van der Waals surface area contributed by atoms with E-state index in [1.54, 1.807) is 6.92 Å². The number of nitrogens with zero attached hydrogens (tertiary/aromatic N) is 1. The lowest BCUT2D eigenvalue weighted by Crippen LogP contribution is -2.41. The summed E-state index contributed by atoms with van der Waals surface area (Å²) in [5, 5.41) is 1.89. The molecule has 0 fully saturated rings. The van der Waals surface area contributed by atoms with Gasteiger partial charge in [0, 0.05) is 29.1 Å². The molecular weight excluding hydrogens is 384 g/mol. The lowest BCUT2D eigenvalue weighted by atomic mass is 10.1. The second-order valence-corrected chi connectivity index (χ2v) is 7.66. The molecule has 7 heteroatoms. The minimum atomic E-state index is -0.359. The van der Waals surface area contributed by atoms with Crippen molar-refractivity contribution in [2.24, 2.45) is 0 Å². The van der Waals surface area contributed by atoms with Crippen LogP contribution >= 0.6 is 11.3 Å². The normalized spacial score (nSPS) is 10.8. The first kappa shape index (κ1) is 18.9. The van der Waals surface area contributed by atoms with E-state index in [4.69, 9.17) is 0 Å². The minimum Gasteiger partial charge on any atom is -0.361 e. The third-order valence-corrected chi connectivity index (χ3v) is 5.84. The highest BCUT2D eigenvalue weighted by Crippen LogP contribution is 2.27. The number of nitrogens with one attached hydrogen (secondary N) is 3. The van der Waals surface area contributed by atoms with Crippen LogP contribution in [0.2, 0.25) is 0 Å². The number of hydrogen-bond acceptors (Lipinski definition) is 4. The van der Waals surface area contributed by atoms with Crippen LogP contribution in [0.4, 0.5) is 0 Å². The molecule has 4 rings (SSSR count). The van der Waals surface area contributed by atoms with E-state index >= 15 is 0 Å². The van der Waals surface area contributed by atoms with E-state index in [9.17, 15) is 9.59 Å². The average Bonchev–Trinajstić information content (AvgIpc) is 3.35. The van der Waals surface area contributed by atoms with Crippen molar-refractivity contribution >= 4 is 34.1 Å². The second-order valence-electron chi connectivity index (χ2n) is 6.66. The zero-order valence-corrected chi connectivity index (χ0v) is 16.7. The lowest BCUT2D eigenvalue weighted by Gasteiger charge is -2.06. The topological polar surface area (TPSA) is 86.9 Å². The number of hydrogen-bond donors (Lipinski definition) is 3. The molecule has 0 aliphatic rings. The standard InChI is InChI=1S/C22H20N4O2S/c1-14-20(29-22(24-14)15-7-3-2-4-8-15)21(28)26-25-19(27)12-11-16-13-23-18-10-6-5-9-17(16)18/h2-10,13,23H,11-12H2,1H3,(H,25,27)(H,26,28). The molecule has 0 aliphatic heterocycles. The number of hydrazine groups is 1. The molecule has 146 valence electrons. The van der Waals surface area contributed by atoms with Crippen molar-refractivity contribution in [3.8, 4) is 10.6 Å². The number of carbonyl (C=O) groups excluding carboxylic acids is 2. The van der Waals surface area contributed by atoms with Crippen LogP contribution in [0.5, 0.6) is 0 Å². The van der Waals surface area contributed by atoms with Crippen molar-refractivity contribution in [2.75, 3.05) is 0 Å². The largest absolute Gasteiger partial charge is 0.361 e. The van der Waals surface area contributed by atoms with Gasteiger partial charge in [-0.2, -0.15) is 0 Å². The summed E-state index contributed by atoms with van der Waals surface area (Å²) < 4.78 is 0. The molecule has 2 aromatic carbocycles. The van der Waals surface area contributed by atoms with Crippen molar-refractivity contribution in [1.82, 2.24) is 20.8 Å². The fourth-order valence-electron chi connectivity index (χ4n) is 3.14. The van der Waals surface area contributed by atoms with E-state index in [1.165, 1.54) is 11.3 Å². The molecule has 0 atom stereocenters. The van der Waals surface area contributed by atoms with E-state index in [0.29, 0.717) is 17.0 Å². The summed E-state index contributed by atoms with van der Waals surface area (Å²) >= 11 is 1.31. The highest BCUT2D eigenvalue weighted by Gasteiger charge is 2.17. The summed E-state index contributed by atoms with van der Waals surface area (Å²) in [5.74, 6) is -0.600. The molecule has 2 heterocycles. The molecule has 3 N–H and O–H groups in total. The Labute approximate surface area is 172 Å². The summed E-state index contributed by atoms with van der Waals surface area (Å²) in [7, 11) is 0. The van der Waals surface area contributed by atoms with E-state index < -0.39 is 0 Å². The Morgan fingerprint density at radius 1 is 1.03 bits per heavy atom. The molecule has 2 amide bonds. The average molecular weight is 404 g/mol. The molecule has 2 aromatic heterocycles. The predicted molar refractivity (Wildman–Crippen MR) is 115 cm³/mol. The summed E-state index contributed by atoms with van der Waals surface area (Å²) in [6.07, 6.45) is 2.78. The quantitative estimate of drug-likeness (QED) is 0.440. The number of aryl methyl sites for hydroxylation is 2. The molecule has 0 radical (unpaired) electrons. The van der Waals surface area contributed by atoms with Crippen molar-refractivity contribution in [2.45, 2.75) is 19.8 Å². The Balaban J connectivity index is 1.33. The van der Waals surface area contributed by atoms with Gasteiger partial charge in [0.05, 0.1) is 5.69 Å². The molecule has 0 saturated heterocycles. The van der Waals surface area contributed by atoms with E-state index in [1.807, 2.05) is 60.8 Å². The SMILES string of the molecule is Cc1nc(-c2ccccc2)sc1C(=O)NNC(=O)CCc1c[nH]c2ccccc12. The minimum absolute atomic E-state index is 0.242. The van der Waals surface area contributed by atoms with Gasteiger partial charge < -0.3 is 4.98 Å². The van der Waals surface area contributed by atoms with Gasteiger partial charge in [-0.05, 0) is 25.0 Å². The van der Waals surface area contributed by atoms with E-state index in [2.05, 4.69) is 20.8 Å². The second kappa shape index (κ2) is 8.28. The fraction of sp³-hybridized carbons (Fsp3) is 0.136. The van der Waals surface area contributed by atoms with Gasteiger partial charge in [-0.3, -0.25) is 20.4 Å². The van der Waals surface area contributed by atoms with Crippen molar-refractivity contribution in [3.05, 3.63) is 76.9 Å². The smallest absolute Gasteiger partial charge is 0.281 e. The molecule has 0 saturated carbocycles. The first-order valence-corrected chi connectivity index (χ1v) is 10.1. The Hall–Kier alpha value is -3.45. The maximum atomic E-state index is 12.5. The third kappa shape index (κ3) is 4.20. The van der Waals surface area contributed by atoms with Gasteiger partial charge >= 0.3 is 0 Å². The van der Waals surface area contributed by atoms with Gasteiger partial charge in [-0.15, -0.1) is 11.3 Å². The fourth-order valence-corrected chi connectivity index (χ4v) is 4.11. The zero-order chi connectivity index (χ0) is 20.2. The van der Waals surface area contributed by atoms with E-state index in [0.717, 1.165) is 27.0 Å². The van der Waals surface area contributed by atoms with Crippen LogP contribution in [0, 0.1) is 6.92 Å². The maximum Gasteiger partial charge on any atom is 0.281 e. The summed E-state index contributed by atoms with van der Waals surface area (Å²) in [4.78, 5) is 32.8. The van der Waals surface area contributed by atoms with Crippen molar-refractivity contribution in [3.63, 3.8) is 0 Å². The van der Waals surface area contributed by atoms with Crippen LogP contribution in [-0.2, 0) is 11.2 Å². The number of benzene rings is 2. The number of para-hydroxylation sites is 1. The van der Waals surface area contributed by atoms with Crippen LogP contribution in [0.3, 0.4) is 0 Å². The molecule has 29 heavy (non-hydrogen) atoms. The lowest BCUT2D eigenvalue weighted by molar-refractivity contribution is -0.121. The van der Waals surface area contributed by atoms with Gasteiger partial charge in [-0.1, -0.05) is 48.5 Å². The predicted octanol–water partition coefficient (Wildman–Crippen LogP) is 3.99. The highest BCUT2D eigenvalue weighted by molar-refractivity contribution is 7.17. The zero-order valence-electron chi connectivity index (χ0n) is 15.9. The molecule has 0 spiro atoms. The number of thiazole rings is 1. The van der Waals surface area contributed by atoms with Crippen LogP contribution in [0.15, 0.2) is 60.8 Å². The maximum absolute atomic E-state index is 12.5. The first-order valence-electron chi connectivity index (χ1n) is 9.29. The number of carbonyl (C=O) groups is 2. The van der Waals surface area contributed by atoms with Gasteiger partial charge in [-0.25, -0.2) is 4.98 Å². The van der Waals surface area contributed by atoms with E-state index in [-0.39, 0.29) is 18.2 Å². The number of H-pyrrole nitrogens is 1. The van der Waals surface area contributed by atoms with Gasteiger partial charge in [0.15, 0.2) is 0 Å². The first-order chi connectivity index (χ1) is 14.1. The van der Waals surface area contributed by atoms with Gasteiger partial charge in [0.1, 0.15) is 9.88 Å². The van der Waals surface area contributed by atoms with Crippen LogP contribution in [-0.4, -0.2) is 21.8 Å². The molecule has 4 aromatic rings. The number of aromatic nitrogens is 2. The molecule has 0 aliphatic carbocycles. The Morgan fingerprint density at radius 2 is 1.79 bits per heavy atom. The summed E-state index contributed by atoms with van der Waals surface area (Å²) in [6, 6.07) is 17.7. The molecule has 0 bridgehead atoms. The summed E-state index contributed by atoms with van der Waals surface area (Å²) in [5.41, 5.74) is 8.72. The van der Waals surface area contributed by atoms with Crippen LogP contribution < -0.4 is 10.9 Å². The number of rotatable bonds is 5. The number of fused-ring (bicyclic) bond motifs is 1. The molecule has 6 nitrogen and oxygen atoms in total. The van der Waals surface area contributed by atoms with Crippen molar-refractivity contribution in [1.29, 1.82) is 0 Å². The third-order valence-electron chi connectivity index (χ3n) is 4.64. The molecular formula is C22H20N4O2S. The van der Waals surface area contributed by atoms with Crippen LogP contribution in [0.1, 0.15) is 27.3 Å². The summed E-state index contributed by atoms with van der Waals surface area (Å²) in [6.45, 7) is 1.79. The Kier molecular flexibility index (Phi) is 5.39. The highest BCUT2D eigenvalue weighted by atomic mass is 32.1. The Morgan fingerprint density at radius 3 is 2.62 bits per heavy atom. The monoisotopic (exact) mass is 404 g/mol. The van der Waals surface area contributed by atoms with Gasteiger partial charge in [0.25, 0.3) is 5.91 Å². The van der Waals surface area contributed by atoms with Crippen molar-refractivity contribution < 1.29 is 9.59 Å². The van der Waals surface area contributed by atoms with Gasteiger partial charge in [0.2, 0.25) is 5.91 Å².